The third-order valence-corrected chi connectivity index (χ3v) is 3.56. The molecule has 0 aliphatic rings. The largest absolute Gasteiger partial charge is 0.359 e. The molecule has 0 unspecified atom stereocenters. The van der Waals surface area contributed by atoms with Gasteiger partial charge in [0.1, 0.15) is 0 Å². The highest BCUT2D eigenvalue weighted by atomic mass is 16.5. The van der Waals surface area contributed by atoms with E-state index in [-0.39, 0.29) is 5.91 Å². The third-order valence-electron chi connectivity index (χ3n) is 3.56. The highest BCUT2D eigenvalue weighted by Gasteiger charge is 2.14. The normalized spacial score (nSPS) is 10.8. The maximum absolute atomic E-state index is 12.2. The Morgan fingerprint density at radius 3 is 2.75 bits per heavy atom. The topological polar surface area (TPSA) is 60.1 Å². The molecule has 2 aromatic rings. The zero-order valence-corrected chi connectivity index (χ0v) is 12.5. The van der Waals surface area contributed by atoms with Crippen molar-refractivity contribution in [3.8, 4) is 0 Å². The number of hydrogen-bond acceptors (Lipinski definition) is 3. The fourth-order valence-electron chi connectivity index (χ4n) is 2.16. The van der Waals surface area contributed by atoms with Crippen LogP contribution in [0.4, 0.5) is 0 Å². The molecule has 2 rings (SSSR count). The molecule has 0 fully saturated rings. The molecular weight excluding hydrogens is 254 g/mol. The van der Waals surface area contributed by atoms with Gasteiger partial charge in [0, 0.05) is 24.5 Å². The summed E-state index contributed by atoms with van der Waals surface area (Å²) in [6.45, 7) is 6.38. The molecule has 0 bridgehead atoms. The number of carbonyl (C=O) groups excluding carboxylic acids is 1. The monoisotopic (exact) mass is 275 g/mol. The van der Waals surface area contributed by atoms with Crippen molar-refractivity contribution in [3.05, 3.63) is 40.5 Å². The second kappa shape index (κ2) is 5.94. The molecule has 2 heterocycles. The van der Waals surface area contributed by atoms with E-state index in [1.165, 1.54) is 0 Å². The molecule has 0 aliphatic heterocycles. The van der Waals surface area contributed by atoms with Crippen LogP contribution in [0.15, 0.2) is 16.7 Å². The van der Waals surface area contributed by atoms with Crippen molar-refractivity contribution in [1.29, 1.82) is 0 Å². The number of carbonyl (C=O) groups is 1. The highest BCUT2D eigenvalue weighted by Crippen LogP contribution is 2.13. The summed E-state index contributed by atoms with van der Waals surface area (Å²) in [5.41, 5.74) is 3.67. The molecule has 108 valence electrons. The van der Waals surface area contributed by atoms with E-state index >= 15 is 0 Å². The lowest BCUT2D eigenvalue weighted by Crippen LogP contribution is -2.23. The molecule has 0 atom stereocenters. The van der Waals surface area contributed by atoms with Crippen LogP contribution in [0.1, 0.15) is 46.5 Å². The lowest BCUT2D eigenvalue weighted by atomic mass is 10.2. The van der Waals surface area contributed by atoms with Crippen molar-refractivity contribution in [2.75, 3.05) is 0 Å². The van der Waals surface area contributed by atoms with Gasteiger partial charge in [0.25, 0.3) is 5.91 Å². The van der Waals surface area contributed by atoms with Crippen molar-refractivity contribution in [3.63, 3.8) is 0 Å². The summed E-state index contributed by atoms with van der Waals surface area (Å²) in [5.74, 6) is 0.603. The van der Waals surface area contributed by atoms with Crippen LogP contribution >= 0.6 is 0 Å². The molecule has 0 aliphatic carbocycles. The van der Waals surface area contributed by atoms with Gasteiger partial charge < -0.3 is 14.4 Å². The molecule has 1 amide bonds. The molecule has 5 nitrogen and oxygen atoms in total. The summed E-state index contributed by atoms with van der Waals surface area (Å²) in [4.78, 5) is 12.2. The Morgan fingerprint density at radius 1 is 1.40 bits per heavy atom. The first-order valence-electron chi connectivity index (χ1n) is 6.88. The van der Waals surface area contributed by atoms with Crippen molar-refractivity contribution in [2.24, 2.45) is 7.05 Å². The van der Waals surface area contributed by atoms with Crippen LogP contribution in [0.5, 0.6) is 0 Å². The van der Waals surface area contributed by atoms with Crippen LogP contribution in [0, 0.1) is 13.8 Å². The predicted octanol–water partition coefficient (Wildman–Crippen LogP) is 2.51. The Labute approximate surface area is 119 Å². The van der Waals surface area contributed by atoms with Gasteiger partial charge >= 0.3 is 0 Å². The number of nitrogens with zero attached hydrogens (tertiary/aromatic N) is 2. The lowest BCUT2D eigenvalue weighted by molar-refractivity contribution is 0.0946. The summed E-state index contributed by atoms with van der Waals surface area (Å²) in [6, 6.07) is 3.79. The second-order valence-electron chi connectivity index (χ2n) is 5.06. The second-order valence-corrected chi connectivity index (χ2v) is 5.06. The molecule has 1 N–H and O–H groups in total. The smallest absolute Gasteiger partial charge is 0.253 e. The maximum Gasteiger partial charge on any atom is 0.253 e. The standard InChI is InChI=1S/C15H21N3O2/c1-5-6-12-8-13(20-17-12)9-16-15(19)14-7-10(2)18(4)11(14)3/h7-8H,5-6,9H2,1-4H3,(H,16,19). The first kappa shape index (κ1) is 14.4. The van der Waals surface area contributed by atoms with Gasteiger partial charge in [-0.25, -0.2) is 0 Å². The summed E-state index contributed by atoms with van der Waals surface area (Å²) >= 11 is 0. The predicted molar refractivity (Wildman–Crippen MR) is 76.6 cm³/mol. The minimum Gasteiger partial charge on any atom is -0.359 e. The molecule has 0 spiro atoms. The maximum atomic E-state index is 12.2. The molecule has 0 saturated carbocycles. The van der Waals surface area contributed by atoms with Crippen molar-refractivity contribution >= 4 is 5.91 Å². The summed E-state index contributed by atoms with van der Waals surface area (Å²) in [7, 11) is 1.95. The Hall–Kier alpha value is -2.04. The number of rotatable bonds is 5. The van der Waals surface area contributed by atoms with Crippen LogP contribution in [0.25, 0.3) is 0 Å². The molecule has 0 aromatic carbocycles. The van der Waals surface area contributed by atoms with E-state index in [0.29, 0.717) is 17.9 Å². The van der Waals surface area contributed by atoms with Crippen LogP contribution in [0.3, 0.4) is 0 Å². The Bertz CT molecular complexity index is 611. The number of aryl methyl sites for hydroxylation is 2. The van der Waals surface area contributed by atoms with Gasteiger partial charge in [-0.2, -0.15) is 0 Å². The number of nitrogens with one attached hydrogen (secondary N) is 1. The van der Waals surface area contributed by atoms with Crippen LogP contribution in [-0.2, 0) is 20.0 Å². The van der Waals surface area contributed by atoms with Crippen LogP contribution in [-0.4, -0.2) is 15.6 Å². The van der Waals surface area contributed by atoms with Crippen molar-refractivity contribution < 1.29 is 9.32 Å². The average molecular weight is 275 g/mol. The van der Waals surface area contributed by atoms with Crippen LogP contribution in [0.2, 0.25) is 0 Å². The highest BCUT2D eigenvalue weighted by molar-refractivity contribution is 5.95. The van der Waals surface area contributed by atoms with E-state index in [0.717, 1.165) is 29.9 Å². The Balaban J connectivity index is 1.99. The quantitative estimate of drug-likeness (QED) is 0.912. The first-order valence-corrected chi connectivity index (χ1v) is 6.88. The van der Waals surface area contributed by atoms with Gasteiger partial charge in [0.05, 0.1) is 17.8 Å². The summed E-state index contributed by atoms with van der Waals surface area (Å²) in [5, 5.41) is 6.83. The molecule has 2 aromatic heterocycles. The Kier molecular flexibility index (Phi) is 4.27. The fraction of sp³-hybridized carbons (Fsp3) is 0.467. The lowest BCUT2D eigenvalue weighted by Gasteiger charge is -2.03. The fourth-order valence-corrected chi connectivity index (χ4v) is 2.16. The van der Waals surface area contributed by atoms with Gasteiger partial charge in [-0.05, 0) is 26.3 Å². The van der Waals surface area contributed by atoms with Crippen LogP contribution < -0.4 is 5.32 Å². The Morgan fingerprint density at radius 2 is 2.15 bits per heavy atom. The molecule has 5 heteroatoms. The van der Waals surface area contributed by atoms with Crippen molar-refractivity contribution in [2.45, 2.75) is 40.2 Å². The minimum absolute atomic E-state index is 0.0837. The summed E-state index contributed by atoms with van der Waals surface area (Å²) < 4.78 is 7.20. The SMILES string of the molecule is CCCc1cc(CNC(=O)c2cc(C)n(C)c2C)on1. The zero-order chi connectivity index (χ0) is 14.7. The molecular formula is C15H21N3O2. The van der Waals surface area contributed by atoms with E-state index in [1.54, 1.807) is 0 Å². The number of hydrogen-bond donors (Lipinski definition) is 1. The van der Waals surface area contributed by atoms with E-state index in [9.17, 15) is 4.79 Å². The van der Waals surface area contributed by atoms with E-state index < -0.39 is 0 Å². The van der Waals surface area contributed by atoms with Gasteiger partial charge in [0.15, 0.2) is 5.76 Å². The third kappa shape index (κ3) is 2.92. The first-order chi connectivity index (χ1) is 9.52. The number of aromatic nitrogens is 2. The zero-order valence-electron chi connectivity index (χ0n) is 12.5. The molecule has 20 heavy (non-hydrogen) atoms. The molecule has 0 saturated heterocycles. The minimum atomic E-state index is -0.0837. The molecule has 0 radical (unpaired) electrons. The number of amides is 1. The van der Waals surface area contributed by atoms with Gasteiger partial charge in [-0.15, -0.1) is 0 Å². The van der Waals surface area contributed by atoms with E-state index in [1.807, 2.05) is 37.6 Å². The van der Waals surface area contributed by atoms with Gasteiger partial charge in [0.2, 0.25) is 0 Å². The summed E-state index contributed by atoms with van der Waals surface area (Å²) in [6.07, 6.45) is 1.93. The van der Waals surface area contributed by atoms with Gasteiger partial charge in [-0.3, -0.25) is 4.79 Å². The van der Waals surface area contributed by atoms with Crippen molar-refractivity contribution in [1.82, 2.24) is 15.0 Å². The van der Waals surface area contributed by atoms with Gasteiger partial charge in [-0.1, -0.05) is 18.5 Å². The van der Waals surface area contributed by atoms with E-state index in [2.05, 4.69) is 17.4 Å². The van der Waals surface area contributed by atoms with E-state index in [4.69, 9.17) is 4.52 Å². The average Bonchev–Trinajstić information content (AvgIpc) is 2.97.